The number of benzene rings is 3. The minimum atomic E-state index is -0.342. The Morgan fingerprint density at radius 2 is 1.51 bits per heavy atom. The summed E-state index contributed by atoms with van der Waals surface area (Å²) < 4.78 is 16.5. The van der Waals surface area contributed by atoms with Gasteiger partial charge in [0.05, 0.1) is 19.2 Å². The molecule has 0 saturated heterocycles. The standard InChI is InChI=1S/C27H25N3O5/c1-18-22(30-27(35-18)19-9-4-3-5-10-19)16-25(31)28-20-11-8-12-21(15-20)29-26(32)17-34-24-14-7-6-13-23(24)33-2/h3-15H,16-17H2,1-2H3,(H,28,31)(H,29,32). The zero-order valence-electron chi connectivity index (χ0n) is 19.4. The van der Waals surface area contributed by atoms with E-state index in [2.05, 4.69) is 15.6 Å². The topological polar surface area (TPSA) is 103 Å². The van der Waals surface area contributed by atoms with Gasteiger partial charge in [-0.25, -0.2) is 4.98 Å². The van der Waals surface area contributed by atoms with Gasteiger partial charge in [0.25, 0.3) is 5.91 Å². The Balaban J connectivity index is 1.33. The van der Waals surface area contributed by atoms with Crippen molar-refractivity contribution in [1.82, 2.24) is 4.98 Å². The Bertz CT molecular complexity index is 1320. The fourth-order valence-electron chi connectivity index (χ4n) is 3.41. The van der Waals surface area contributed by atoms with Crippen LogP contribution in [0.5, 0.6) is 11.5 Å². The van der Waals surface area contributed by atoms with Crippen LogP contribution in [0, 0.1) is 6.92 Å². The van der Waals surface area contributed by atoms with Gasteiger partial charge in [0.2, 0.25) is 11.8 Å². The van der Waals surface area contributed by atoms with Gasteiger partial charge in [-0.15, -0.1) is 0 Å². The smallest absolute Gasteiger partial charge is 0.262 e. The van der Waals surface area contributed by atoms with E-state index in [4.69, 9.17) is 13.9 Å². The van der Waals surface area contributed by atoms with Crippen LogP contribution in [0.2, 0.25) is 0 Å². The number of hydrogen-bond acceptors (Lipinski definition) is 6. The number of carbonyl (C=O) groups excluding carboxylic acids is 2. The summed E-state index contributed by atoms with van der Waals surface area (Å²) in [6.07, 6.45) is 0.0610. The van der Waals surface area contributed by atoms with Gasteiger partial charge in [0.1, 0.15) is 5.76 Å². The molecule has 0 fully saturated rings. The summed E-state index contributed by atoms with van der Waals surface area (Å²) in [5.74, 6) is 1.50. The van der Waals surface area contributed by atoms with Gasteiger partial charge in [-0.2, -0.15) is 0 Å². The van der Waals surface area contributed by atoms with Crippen LogP contribution in [0.15, 0.2) is 83.3 Å². The third-order valence-corrected chi connectivity index (χ3v) is 5.10. The van der Waals surface area contributed by atoms with E-state index in [0.29, 0.717) is 40.2 Å². The molecule has 0 unspecified atom stereocenters. The second-order valence-electron chi connectivity index (χ2n) is 7.68. The lowest BCUT2D eigenvalue weighted by Crippen LogP contribution is -2.20. The molecule has 0 aliphatic carbocycles. The molecule has 4 rings (SSSR count). The molecule has 0 aliphatic heterocycles. The number of oxazole rings is 1. The fraction of sp³-hybridized carbons (Fsp3) is 0.148. The lowest BCUT2D eigenvalue weighted by molar-refractivity contribution is -0.118. The Labute approximate surface area is 202 Å². The van der Waals surface area contributed by atoms with Gasteiger partial charge < -0.3 is 24.5 Å². The number of hydrogen-bond donors (Lipinski definition) is 2. The first kappa shape index (κ1) is 23.6. The minimum Gasteiger partial charge on any atom is -0.493 e. The number of rotatable bonds is 9. The molecule has 0 radical (unpaired) electrons. The average molecular weight is 472 g/mol. The molecule has 2 N–H and O–H groups in total. The van der Waals surface area contributed by atoms with Gasteiger partial charge in [0.15, 0.2) is 18.1 Å². The number of nitrogens with one attached hydrogen (secondary N) is 2. The number of aromatic nitrogens is 1. The van der Waals surface area contributed by atoms with Crippen LogP contribution in [-0.2, 0) is 16.0 Å². The van der Waals surface area contributed by atoms with Crippen molar-refractivity contribution in [3.8, 4) is 23.0 Å². The Hall–Kier alpha value is -4.59. The molecule has 1 aromatic heterocycles. The molecule has 2 amide bonds. The molecule has 8 heteroatoms. The number of carbonyl (C=O) groups is 2. The van der Waals surface area contributed by atoms with Gasteiger partial charge in [-0.1, -0.05) is 36.4 Å². The highest BCUT2D eigenvalue weighted by molar-refractivity contribution is 5.95. The second kappa shape index (κ2) is 11.0. The van der Waals surface area contributed by atoms with E-state index < -0.39 is 0 Å². The van der Waals surface area contributed by atoms with Crippen molar-refractivity contribution in [2.24, 2.45) is 0 Å². The van der Waals surface area contributed by atoms with Crippen molar-refractivity contribution in [3.05, 3.63) is 90.3 Å². The highest BCUT2D eigenvalue weighted by atomic mass is 16.5. The van der Waals surface area contributed by atoms with E-state index in [0.717, 1.165) is 5.56 Å². The maximum Gasteiger partial charge on any atom is 0.262 e. The van der Waals surface area contributed by atoms with Gasteiger partial charge >= 0.3 is 0 Å². The number of aryl methyl sites for hydroxylation is 1. The lowest BCUT2D eigenvalue weighted by atomic mass is 10.2. The normalized spacial score (nSPS) is 10.5. The summed E-state index contributed by atoms with van der Waals surface area (Å²) in [5.41, 5.74) is 2.49. The van der Waals surface area contributed by atoms with Crippen molar-refractivity contribution >= 4 is 23.2 Å². The summed E-state index contributed by atoms with van der Waals surface area (Å²) in [5, 5.41) is 5.59. The van der Waals surface area contributed by atoms with Crippen LogP contribution in [-0.4, -0.2) is 30.5 Å². The van der Waals surface area contributed by atoms with Crippen molar-refractivity contribution in [1.29, 1.82) is 0 Å². The first-order valence-electron chi connectivity index (χ1n) is 11.0. The highest BCUT2D eigenvalue weighted by Crippen LogP contribution is 2.26. The van der Waals surface area contributed by atoms with Crippen LogP contribution < -0.4 is 20.1 Å². The van der Waals surface area contributed by atoms with Gasteiger partial charge in [0, 0.05) is 16.9 Å². The average Bonchev–Trinajstić information content (AvgIpc) is 3.23. The number of nitrogens with zero attached hydrogens (tertiary/aromatic N) is 1. The molecular weight excluding hydrogens is 446 g/mol. The SMILES string of the molecule is COc1ccccc1OCC(=O)Nc1cccc(NC(=O)Cc2nc(-c3ccccc3)oc2C)c1. The first-order chi connectivity index (χ1) is 17.0. The highest BCUT2D eigenvalue weighted by Gasteiger charge is 2.15. The number of methoxy groups -OCH3 is 1. The molecule has 1 heterocycles. The molecule has 0 atom stereocenters. The van der Waals surface area contributed by atoms with Crippen molar-refractivity contribution in [2.45, 2.75) is 13.3 Å². The summed E-state index contributed by atoms with van der Waals surface area (Å²) in [6, 6.07) is 23.5. The third-order valence-electron chi connectivity index (χ3n) is 5.10. The molecule has 0 bridgehead atoms. The molecule has 0 aliphatic rings. The molecule has 0 spiro atoms. The van der Waals surface area contributed by atoms with Crippen LogP contribution in [0.1, 0.15) is 11.5 Å². The predicted octanol–water partition coefficient (Wildman–Crippen LogP) is 4.86. The van der Waals surface area contributed by atoms with E-state index in [-0.39, 0.29) is 24.8 Å². The summed E-state index contributed by atoms with van der Waals surface area (Å²) >= 11 is 0. The second-order valence-corrected chi connectivity index (χ2v) is 7.68. The maximum absolute atomic E-state index is 12.6. The molecule has 178 valence electrons. The number of ether oxygens (including phenoxy) is 2. The van der Waals surface area contributed by atoms with Gasteiger partial charge in [-0.3, -0.25) is 9.59 Å². The Morgan fingerprint density at radius 3 is 2.23 bits per heavy atom. The van der Waals surface area contributed by atoms with Crippen LogP contribution in [0.4, 0.5) is 11.4 Å². The Kier molecular flexibility index (Phi) is 7.42. The number of anilines is 2. The van der Waals surface area contributed by atoms with E-state index >= 15 is 0 Å². The van der Waals surface area contributed by atoms with Crippen molar-refractivity contribution in [3.63, 3.8) is 0 Å². The van der Waals surface area contributed by atoms with E-state index in [1.807, 2.05) is 36.4 Å². The van der Waals surface area contributed by atoms with E-state index in [9.17, 15) is 9.59 Å². The monoisotopic (exact) mass is 471 g/mol. The fourth-order valence-corrected chi connectivity index (χ4v) is 3.41. The van der Waals surface area contributed by atoms with Crippen LogP contribution in [0.3, 0.4) is 0 Å². The van der Waals surface area contributed by atoms with Crippen molar-refractivity contribution < 1.29 is 23.5 Å². The zero-order valence-corrected chi connectivity index (χ0v) is 19.4. The molecule has 0 saturated carbocycles. The first-order valence-corrected chi connectivity index (χ1v) is 11.0. The molecule has 8 nitrogen and oxygen atoms in total. The lowest BCUT2D eigenvalue weighted by Gasteiger charge is -2.11. The zero-order chi connectivity index (χ0) is 24.6. The molecule has 35 heavy (non-hydrogen) atoms. The largest absolute Gasteiger partial charge is 0.493 e. The van der Waals surface area contributed by atoms with Gasteiger partial charge in [-0.05, 0) is 49.4 Å². The van der Waals surface area contributed by atoms with E-state index in [1.165, 1.54) is 7.11 Å². The summed E-state index contributed by atoms with van der Waals surface area (Å²) in [6.45, 7) is 1.59. The number of para-hydroxylation sites is 2. The number of amides is 2. The molecule has 4 aromatic rings. The van der Waals surface area contributed by atoms with Crippen molar-refractivity contribution in [2.75, 3.05) is 24.4 Å². The minimum absolute atomic E-state index is 0.0610. The summed E-state index contributed by atoms with van der Waals surface area (Å²) in [7, 11) is 1.54. The molecule has 3 aromatic carbocycles. The predicted molar refractivity (Wildman–Crippen MR) is 133 cm³/mol. The third kappa shape index (κ3) is 6.26. The molecular formula is C27H25N3O5. The Morgan fingerprint density at radius 1 is 0.857 bits per heavy atom. The van der Waals surface area contributed by atoms with Crippen LogP contribution >= 0.6 is 0 Å². The van der Waals surface area contributed by atoms with Crippen LogP contribution in [0.25, 0.3) is 11.5 Å². The quantitative estimate of drug-likeness (QED) is 0.362. The summed E-state index contributed by atoms with van der Waals surface area (Å²) in [4.78, 5) is 29.4. The van der Waals surface area contributed by atoms with E-state index in [1.54, 1.807) is 49.4 Å². The maximum atomic E-state index is 12.6.